The van der Waals surface area contributed by atoms with Crippen LogP contribution in [0.15, 0.2) is 18.2 Å². The van der Waals surface area contributed by atoms with Crippen molar-refractivity contribution in [3.63, 3.8) is 0 Å². The molecule has 2 nitrogen and oxygen atoms in total. The first-order valence-corrected chi connectivity index (χ1v) is 7.66. The van der Waals surface area contributed by atoms with Crippen molar-refractivity contribution in [1.29, 1.82) is 0 Å². The lowest BCUT2D eigenvalue weighted by atomic mass is 9.85. The van der Waals surface area contributed by atoms with Crippen LogP contribution in [0.4, 0.5) is 0 Å². The van der Waals surface area contributed by atoms with Gasteiger partial charge in [-0.1, -0.05) is 24.4 Å². The minimum Gasteiger partial charge on any atom is -0.349 e. The van der Waals surface area contributed by atoms with Gasteiger partial charge in [0.15, 0.2) is 0 Å². The molecule has 0 radical (unpaired) electrons. The molecule has 2 rings (SSSR count). The number of benzene rings is 1. The Morgan fingerprint density at radius 1 is 1.37 bits per heavy atom. The van der Waals surface area contributed by atoms with Crippen LogP contribution in [0.25, 0.3) is 0 Å². The summed E-state index contributed by atoms with van der Waals surface area (Å²) in [5.74, 6) is 0.986. The fourth-order valence-corrected chi connectivity index (χ4v) is 3.11. The Labute approximate surface area is 124 Å². The Hall–Kier alpha value is -0.730. The summed E-state index contributed by atoms with van der Waals surface area (Å²) in [5.41, 5.74) is 1.59. The molecule has 0 heterocycles. The van der Waals surface area contributed by atoms with Gasteiger partial charge >= 0.3 is 0 Å². The van der Waals surface area contributed by atoms with E-state index in [4.69, 9.17) is 23.2 Å². The van der Waals surface area contributed by atoms with Crippen LogP contribution in [0.1, 0.15) is 41.6 Å². The molecule has 2 unspecified atom stereocenters. The fraction of sp³-hybridized carbons (Fsp3) is 0.533. The molecular weight excluding hydrogens is 281 g/mol. The van der Waals surface area contributed by atoms with Gasteiger partial charge in [-0.15, -0.1) is 11.6 Å². The molecule has 1 saturated carbocycles. The number of amides is 1. The summed E-state index contributed by atoms with van der Waals surface area (Å²) in [5, 5.41) is 3.80. The highest BCUT2D eigenvalue weighted by atomic mass is 35.5. The minimum atomic E-state index is -0.0261. The third kappa shape index (κ3) is 3.64. The molecule has 1 aliphatic rings. The van der Waals surface area contributed by atoms with E-state index in [-0.39, 0.29) is 11.9 Å². The van der Waals surface area contributed by atoms with E-state index in [9.17, 15) is 4.79 Å². The quantitative estimate of drug-likeness (QED) is 0.834. The van der Waals surface area contributed by atoms with Crippen LogP contribution < -0.4 is 5.32 Å². The molecule has 0 saturated heterocycles. The molecule has 1 aromatic rings. The molecule has 104 valence electrons. The maximum absolute atomic E-state index is 12.2. The summed E-state index contributed by atoms with van der Waals surface area (Å²) in [6, 6.07) is 5.57. The van der Waals surface area contributed by atoms with E-state index >= 15 is 0 Å². The van der Waals surface area contributed by atoms with Crippen LogP contribution in [0.5, 0.6) is 0 Å². The number of rotatable bonds is 3. The third-order valence-corrected chi connectivity index (χ3v) is 4.66. The van der Waals surface area contributed by atoms with E-state index in [2.05, 4.69) is 5.32 Å². The van der Waals surface area contributed by atoms with Gasteiger partial charge in [0.25, 0.3) is 5.91 Å². The average Bonchev–Trinajstić information content (AvgIpc) is 2.42. The maximum Gasteiger partial charge on any atom is 0.251 e. The smallest absolute Gasteiger partial charge is 0.251 e. The van der Waals surface area contributed by atoms with Gasteiger partial charge in [0.2, 0.25) is 0 Å². The second kappa shape index (κ2) is 6.62. The molecule has 1 aromatic carbocycles. The lowest BCUT2D eigenvalue weighted by Crippen LogP contribution is -2.42. The molecule has 19 heavy (non-hydrogen) atoms. The molecule has 1 N–H and O–H groups in total. The zero-order chi connectivity index (χ0) is 13.8. The van der Waals surface area contributed by atoms with Crippen molar-refractivity contribution in [3.8, 4) is 0 Å². The zero-order valence-electron chi connectivity index (χ0n) is 11.1. The molecule has 2 atom stereocenters. The topological polar surface area (TPSA) is 29.1 Å². The normalized spacial score (nSPS) is 23.1. The Balaban J connectivity index is 2.05. The van der Waals surface area contributed by atoms with Crippen molar-refractivity contribution in [2.45, 2.75) is 38.6 Å². The van der Waals surface area contributed by atoms with E-state index in [1.54, 1.807) is 12.1 Å². The van der Waals surface area contributed by atoms with E-state index in [0.29, 0.717) is 22.4 Å². The Morgan fingerprint density at radius 3 is 2.79 bits per heavy atom. The fourth-order valence-electron chi connectivity index (χ4n) is 2.62. The maximum atomic E-state index is 12.2. The number of carbonyl (C=O) groups excluding carboxylic acids is 1. The number of nitrogens with one attached hydrogen (secondary N) is 1. The molecule has 0 bridgehead atoms. The van der Waals surface area contributed by atoms with Crippen LogP contribution in [0.3, 0.4) is 0 Å². The second-order valence-corrected chi connectivity index (χ2v) is 5.96. The lowest BCUT2D eigenvalue weighted by Gasteiger charge is -2.30. The van der Waals surface area contributed by atoms with Crippen molar-refractivity contribution >= 4 is 29.1 Å². The predicted octanol–water partition coefficient (Wildman–Crippen LogP) is 4.18. The van der Waals surface area contributed by atoms with Gasteiger partial charge in [0.05, 0.1) is 0 Å². The standard InChI is InChI=1S/C15H19Cl2NO/c1-10-8-11(6-7-13(10)17)15(19)18-14-5-3-2-4-12(14)9-16/h6-8,12,14H,2-5,9H2,1H3,(H,18,19). The molecule has 1 amide bonds. The summed E-state index contributed by atoms with van der Waals surface area (Å²) in [7, 11) is 0. The molecule has 0 aromatic heterocycles. The molecule has 0 spiro atoms. The van der Waals surface area contributed by atoms with E-state index in [1.165, 1.54) is 6.42 Å². The van der Waals surface area contributed by atoms with Gasteiger partial charge in [-0.25, -0.2) is 0 Å². The predicted molar refractivity (Wildman–Crippen MR) is 80.1 cm³/mol. The van der Waals surface area contributed by atoms with E-state index in [1.807, 2.05) is 13.0 Å². The van der Waals surface area contributed by atoms with Crippen LogP contribution in [0, 0.1) is 12.8 Å². The van der Waals surface area contributed by atoms with Crippen LogP contribution >= 0.6 is 23.2 Å². The zero-order valence-corrected chi connectivity index (χ0v) is 12.6. The number of hydrogen-bond donors (Lipinski definition) is 1. The first kappa shape index (κ1) is 14.7. The highest BCUT2D eigenvalue weighted by molar-refractivity contribution is 6.31. The number of alkyl halides is 1. The number of carbonyl (C=O) groups is 1. The summed E-state index contributed by atoms with van der Waals surface area (Å²) in [4.78, 5) is 12.2. The third-order valence-electron chi connectivity index (χ3n) is 3.84. The van der Waals surface area contributed by atoms with Gasteiger partial charge in [0, 0.05) is 22.5 Å². The molecule has 0 aliphatic heterocycles. The molecule has 1 fully saturated rings. The monoisotopic (exact) mass is 299 g/mol. The van der Waals surface area contributed by atoms with Gasteiger partial charge in [-0.3, -0.25) is 4.79 Å². The SMILES string of the molecule is Cc1cc(C(=O)NC2CCCCC2CCl)ccc1Cl. The highest BCUT2D eigenvalue weighted by Crippen LogP contribution is 2.26. The van der Waals surface area contributed by atoms with Gasteiger partial charge in [-0.2, -0.15) is 0 Å². The molecule has 4 heteroatoms. The summed E-state index contributed by atoms with van der Waals surface area (Å²) in [6.45, 7) is 1.90. The van der Waals surface area contributed by atoms with E-state index < -0.39 is 0 Å². The largest absolute Gasteiger partial charge is 0.349 e. The van der Waals surface area contributed by atoms with Crippen molar-refractivity contribution in [2.24, 2.45) is 5.92 Å². The van der Waals surface area contributed by atoms with Crippen molar-refractivity contribution in [2.75, 3.05) is 5.88 Å². The van der Waals surface area contributed by atoms with Crippen LogP contribution in [-0.2, 0) is 0 Å². The van der Waals surface area contributed by atoms with Crippen molar-refractivity contribution in [3.05, 3.63) is 34.3 Å². The van der Waals surface area contributed by atoms with Gasteiger partial charge in [-0.05, 0) is 49.4 Å². The first-order chi connectivity index (χ1) is 9.11. The molecular formula is C15H19Cl2NO. The van der Waals surface area contributed by atoms with Gasteiger partial charge < -0.3 is 5.32 Å². The van der Waals surface area contributed by atoms with Crippen LogP contribution in [-0.4, -0.2) is 17.8 Å². The summed E-state index contributed by atoms with van der Waals surface area (Å²) >= 11 is 12.0. The first-order valence-electron chi connectivity index (χ1n) is 6.75. The Morgan fingerprint density at radius 2 is 2.11 bits per heavy atom. The van der Waals surface area contributed by atoms with Gasteiger partial charge in [0.1, 0.15) is 0 Å². The number of aryl methyl sites for hydroxylation is 1. The Bertz CT molecular complexity index is 461. The second-order valence-electron chi connectivity index (χ2n) is 5.24. The van der Waals surface area contributed by atoms with E-state index in [0.717, 1.165) is 24.8 Å². The number of halogens is 2. The van der Waals surface area contributed by atoms with Crippen LogP contribution in [0.2, 0.25) is 5.02 Å². The molecule has 1 aliphatic carbocycles. The highest BCUT2D eigenvalue weighted by Gasteiger charge is 2.26. The lowest BCUT2D eigenvalue weighted by molar-refractivity contribution is 0.0911. The minimum absolute atomic E-state index is 0.0261. The summed E-state index contributed by atoms with van der Waals surface area (Å²) in [6.07, 6.45) is 4.51. The van der Waals surface area contributed by atoms with Crippen molar-refractivity contribution in [1.82, 2.24) is 5.32 Å². The average molecular weight is 300 g/mol. The van der Waals surface area contributed by atoms with Crippen molar-refractivity contribution < 1.29 is 4.79 Å². The Kier molecular flexibility index (Phi) is 5.12. The number of hydrogen-bond acceptors (Lipinski definition) is 1. The summed E-state index contributed by atoms with van der Waals surface area (Å²) < 4.78 is 0.